The first-order valence-electron chi connectivity index (χ1n) is 8.22. The maximum Gasteiger partial charge on any atom is 0.0897 e. The first kappa shape index (κ1) is 14.4. The van der Waals surface area contributed by atoms with Crippen molar-refractivity contribution >= 4 is 0 Å². The van der Waals surface area contributed by atoms with Gasteiger partial charge in [-0.1, -0.05) is 20.8 Å². The van der Waals surface area contributed by atoms with Crippen LogP contribution in [0.2, 0.25) is 0 Å². The smallest absolute Gasteiger partial charge is 0.0897 e. The number of hydrogen-bond acceptors (Lipinski definition) is 0. The molecule has 1 saturated carbocycles. The van der Waals surface area contributed by atoms with E-state index >= 15 is 0 Å². The summed E-state index contributed by atoms with van der Waals surface area (Å²) in [6, 6.07) is 1.76. The molecule has 0 radical (unpaired) electrons. The van der Waals surface area contributed by atoms with Gasteiger partial charge in [-0.2, -0.15) is 0 Å². The molecule has 0 N–H and O–H groups in total. The third kappa shape index (κ3) is 2.76. The summed E-state index contributed by atoms with van der Waals surface area (Å²) in [7, 11) is 0. The third-order valence-electron chi connectivity index (χ3n) is 5.84. The molecule has 1 heterocycles. The predicted octanol–water partition coefficient (Wildman–Crippen LogP) is 4.61. The van der Waals surface area contributed by atoms with Crippen LogP contribution in [0.25, 0.3) is 0 Å². The molecule has 0 aromatic heterocycles. The molecule has 2 atom stereocenters. The SMILES string of the molecule is CC1CCC([N+]2(C(C)C)CCCC2)CC(C)(C)C1. The molecule has 2 fully saturated rings. The quantitative estimate of drug-likeness (QED) is 0.497. The molecule has 1 aliphatic carbocycles. The van der Waals surface area contributed by atoms with Crippen LogP contribution in [0.4, 0.5) is 0 Å². The molecule has 1 nitrogen and oxygen atoms in total. The van der Waals surface area contributed by atoms with Crippen LogP contribution in [-0.2, 0) is 0 Å². The summed E-state index contributed by atoms with van der Waals surface area (Å²) in [6.07, 6.45) is 8.75. The van der Waals surface area contributed by atoms with Crippen LogP contribution < -0.4 is 0 Å². The van der Waals surface area contributed by atoms with Crippen LogP contribution in [0, 0.1) is 11.3 Å². The van der Waals surface area contributed by atoms with E-state index in [4.69, 9.17) is 0 Å². The summed E-state index contributed by atoms with van der Waals surface area (Å²) in [6.45, 7) is 15.3. The van der Waals surface area contributed by atoms with Gasteiger partial charge in [0.2, 0.25) is 0 Å². The van der Waals surface area contributed by atoms with Crippen molar-refractivity contribution in [2.24, 2.45) is 11.3 Å². The Morgan fingerprint density at radius 3 is 2.17 bits per heavy atom. The first-order valence-corrected chi connectivity index (χ1v) is 8.22. The Morgan fingerprint density at radius 1 is 1.00 bits per heavy atom. The van der Waals surface area contributed by atoms with E-state index < -0.39 is 0 Å². The molecule has 2 rings (SSSR count). The van der Waals surface area contributed by atoms with Gasteiger partial charge in [0, 0.05) is 19.3 Å². The highest BCUT2D eigenvalue weighted by Crippen LogP contribution is 2.43. The van der Waals surface area contributed by atoms with E-state index in [0.717, 1.165) is 18.0 Å². The standard InChI is InChI=1S/C17H34N/c1-14(2)18(10-6-7-11-18)16-9-8-15(3)12-17(4,5)13-16/h14-16H,6-13H2,1-5H3/q+1. The molecular weight excluding hydrogens is 218 g/mol. The Hall–Kier alpha value is -0.0400. The summed E-state index contributed by atoms with van der Waals surface area (Å²) in [5.74, 6) is 0.930. The van der Waals surface area contributed by atoms with Gasteiger partial charge in [-0.15, -0.1) is 0 Å². The Morgan fingerprint density at radius 2 is 1.61 bits per heavy atom. The van der Waals surface area contributed by atoms with Crippen molar-refractivity contribution in [2.45, 2.75) is 85.2 Å². The summed E-state index contributed by atoms with van der Waals surface area (Å²) < 4.78 is 1.44. The van der Waals surface area contributed by atoms with Crippen molar-refractivity contribution in [3.8, 4) is 0 Å². The summed E-state index contributed by atoms with van der Waals surface area (Å²) >= 11 is 0. The monoisotopic (exact) mass is 252 g/mol. The van der Waals surface area contributed by atoms with Crippen molar-refractivity contribution in [1.82, 2.24) is 0 Å². The molecule has 18 heavy (non-hydrogen) atoms. The van der Waals surface area contributed by atoms with E-state index in [1.54, 1.807) is 0 Å². The summed E-state index contributed by atoms with van der Waals surface area (Å²) in [4.78, 5) is 0. The van der Waals surface area contributed by atoms with Gasteiger partial charge < -0.3 is 4.48 Å². The van der Waals surface area contributed by atoms with Gasteiger partial charge in [-0.05, 0) is 44.4 Å². The second kappa shape index (κ2) is 5.15. The highest BCUT2D eigenvalue weighted by atomic mass is 15.4. The molecule has 0 aromatic carbocycles. The van der Waals surface area contributed by atoms with Crippen LogP contribution in [0.15, 0.2) is 0 Å². The Balaban J connectivity index is 2.19. The lowest BCUT2D eigenvalue weighted by atomic mass is 9.80. The number of rotatable bonds is 2. The minimum absolute atomic E-state index is 0.559. The maximum atomic E-state index is 2.51. The average Bonchev–Trinajstić information content (AvgIpc) is 2.68. The van der Waals surface area contributed by atoms with E-state index in [2.05, 4.69) is 34.6 Å². The largest absolute Gasteiger partial charge is 0.319 e. The van der Waals surface area contributed by atoms with Crippen LogP contribution >= 0.6 is 0 Å². The lowest BCUT2D eigenvalue weighted by Crippen LogP contribution is -2.58. The molecule has 0 amide bonds. The minimum atomic E-state index is 0.559. The van der Waals surface area contributed by atoms with Crippen LogP contribution in [0.5, 0.6) is 0 Å². The Kier molecular flexibility index (Phi) is 4.11. The van der Waals surface area contributed by atoms with E-state index in [9.17, 15) is 0 Å². The van der Waals surface area contributed by atoms with Gasteiger partial charge in [0.25, 0.3) is 0 Å². The van der Waals surface area contributed by atoms with Crippen LogP contribution in [-0.4, -0.2) is 29.7 Å². The number of nitrogens with zero attached hydrogens (tertiary/aromatic N) is 1. The topological polar surface area (TPSA) is 0 Å². The molecule has 0 bridgehead atoms. The van der Waals surface area contributed by atoms with Gasteiger partial charge >= 0.3 is 0 Å². The van der Waals surface area contributed by atoms with Crippen LogP contribution in [0.3, 0.4) is 0 Å². The van der Waals surface area contributed by atoms with Crippen molar-refractivity contribution in [3.05, 3.63) is 0 Å². The fourth-order valence-corrected chi connectivity index (χ4v) is 5.01. The lowest BCUT2D eigenvalue weighted by Gasteiger charge is -2.47. The second-order valence-electron chi connectivity index (χ2n) is 8.26. The third-order valence-corrected chi connectivity index (χ3v) is 5.84. The average molecular weight is 252 g/mol. The zero-order chi connectivity index (χ0) is 13.4. The van der Waals surface area contributed by atoms with E-state index in [0.29, 0.717) is 5.41 Å². The maximum absolute atomic E-state index is 2.51. The van der Waals surface area contributed by atoms with Gasteiger partial charge in [0.15, 0.2) is 0 Å². The molecular formula is C17H34N+. The van der Waals surface area contributed by atoms with E-state index in [1.807, 2.05) is 0 Å². The molecule has 0 spiro atoms. The van der Waals surface area contributed by atoms with Crippen molar-refractivity contribution in [1.29, 1.82) is 0 Å². The van der Waals surface area contributed by atoms with Crippen molar-refractivity contribution in [2.75, 3.05) is 13.1 Å². The van der Waals surface area contributed by atoms with Gasteiger partial charge in [-0.3, -0.25) is 0 Å². The van der Waals surface area contributed by atoms with Gasteiger partial charge in [-0.25, -0.2) is 0 Å². The highest BCUT2D eigenvalue weighted by molar-refractivity contribution is 4.83. The zero-order valence-electron chi connectivity index (χ0n) is 13.3. The molecule has 0 aromatic rings. The number of quaternary nitrogens is 1. The Bertz CT molecular complexity index is 273. The van der Waals surface area contributed by atoms with E-state index in [-0.39, 0.29) is 0 Å². The van der Waals surface area contributed by atoms with Crippen LogP contribution in [0.1, 0.15) is 73.1 Å². The lowest BCUT2D eigenvalue weighted by molar-refractivity contribution is -0.960. The van der Waals surface area contributed by atoms with Crippen molar-refractivity contribution in [3.63, 3.8) is 0 Å². The number of hydrogen-bond donors (Lipinski definition) is 0. The zero-order valence-corrected chi connectivity index (χ0v) is 13.3. The molecule has 1 saturated heterocycles. The van der Waals surface area contributed by atoms with E-state index in [1.165, 1.54) is 56.1 Å². The predicted molar refractivity (Wildman–Crippen MR) is 79.6 cm³/mol. The molecule has 106 valence electrons. The van der Waals surface area contributed by atoms with Crippen molar-refractivity contribution < 1.29 is 4.48 Å². The Labute approximate surface area is 115 Å². The number of likely N-dealkylation sites (tertiary alicyclic amines) is 1. The first-order chi connectivity index (χ1) is 8.36. The van der Waals surface area contributed by atoms with Gasteiger partial charge in [0.1, 0.15) is 0 Å². The highest BCUT2D eigenvalue weighted by Gasteiger charge is 2.45. The molecule has 2 unspecified atom stereocenters. The van der Waals surface area contributed by atoms with Gasteiger partial charge in [0.05, 0.1) is 25.2 Å². The summed E-state index contributed by atoms with van der Waals surface area (Å²) in [5.41, 5.74) is 0.559. The molecule has 2 aliphatic rings. The minimum Gasteiger partial charge on any atom is -0.319 e. The summed E-state index contributed by atoms with van der Waals surface area (Å²) in [5, 5.41) is 0. The fourth-order valence-electron chi connectivity index (χ4n) is 5.01. The second-order valence-corrected chi connectivity index (χ2v) is 8.26. The molecule has 1 aliphatic heterocycles. The normalized spacial score (nSPS) is 35.7. The molecule has 1 heteroatoms. The fraction of sp³-hybridized carbons (Fsp3) is 1.00.